The zero-order valence-corrected chi connectivity index (χ0v) is 16.5. The quantitative estimate of drug-likeness (QED) is 0.481. The highest BCUT2D eigenvalue weighted by atomic mass is 79.9. The van der Waals surface area contributed by atoms with E-state index in [-0.39, 0.29) is 11.7 Å². The Labute approximate surface area is 170 Å². The zero-order valence-electron chi connectivity index (χ0n) is 14.9. The van der Waals surface area contributed by atoms with Gasteiger partial charge in [-0.3, -0.25) is 4.79 Å². The Bertz CT molecular complexity index is 1140. The number of carbonyl (C=O) groups excluding carboxylic acids is 1. The normalized spacial score (nSPS) is 10.9. The van der Waals surface area contributed by atoms with Crippen molar-refractivity contribution in [3.8, 4) is 0 Å². The highest BCUT2D eigenvalue weighted by molar-refractivity contribution is 9.10. The lowest BCUT2D eigenvalue weighted by atomic mass is 10.2. The van der Waals surface area contributed by atoms with E-state index in [4.69, 9.17) is 0 Å². The molecule has 28 heavy (non-hydrogen) atoms. The molecular weight excluding hydrogens is 421 g/mol. The van der Waals surface area contributed by atoms with Gasteiger partial charge in [0.1, 0.15) is 11.6 Å². The van der Waals surface area contributed by atoms with Gasteiger partial charge in [0.05, 0.1) is 17.6 Å². The van der Waals surface area contributed by atoms with E-state index in [0.29, 0.717) is 18.7 Å². The van der Waals surface area contributed by atoms with Gasteiger partial charge in [0.2, 0.25) is 0 Å². The van der Waals surface area contributed by atoms with Crippen molar-refractivity contribution in [3.63, 3.8) is 0 Å². The van der Waals surface area contributed by atoms with Crippen LogP contribution in [0.5, 0.6) is 0 Å². The molecule has 0 saturated heterocycles. The van der Waals surface area contributed by atoms with Crippen LogP contribution in [0.25, 0.3) is 11.0 Å². The van der Waals surface area contributed by atoms with Gasteiger partial charge < -0.3 is 9.88 Å². The Morgan fingerprint density at radius 2 is 1.82 bits per heavy atom. The minimum atomic E-state index is -0.263. The molecule has 140 valence electrons. The van der Waals surface area contributed by atoms with Crippen LogP contribution in [-0.4, -0.2) is 15.5 Å². The second-order valence-electron chi connectivity index (χ2n) is 6.42. The maximum atomic E-state index is 13.2. The molecule has 0 unspecified atom stereocenters. The number of para-hydroxylation sites is 2. The van der Waals surface area contributed by atoms with Crippen LogP contribution in [0.1, 0.15) is 21.7 Å². The van der Waals surface area contributed by atoms with E-state index in [0.717, 1.165) is 26.9 Å². The molecule has 0 radical (unpaired) electrons. The van der Waals surface area contributed by atoms with Gasteiger partial charge in [-0.25, -0.2) is 9.37 Å². The van der Waals surface area contributed by atoms with Crippen molar-refractivity contribution >= 4 is 32.9 Å². The van der Waals surface area contributed by atoms with Crippen LogP contribution in [0.3, 0.4) is 0 Å². The van der Waals surface area contributed by atoms with Crippen LogP contribution in [0.15, 0.2) is 77.3 Å². The van der Waals surface area contributed by atoms with Gasteiger partial charge in [0.15, 0.2) is 0 Å². The molecular formula is C22H17BrFN3O. The maximum absolute atomic E-state index is 13.2. The molecule has 0 bridgehead atoms. The van der Waals surface area contributed by atoms with Crippen LogP contribution in [0.4, 0.5) is 4.39 Å². The fourth-order valence-electron chi connectivity index (χ4n) is 3.10. The number of rotatable bonds is 5. The first-order chi connectivity index (χ1) is 13.6. The van der Waals surface area contributed by atoms with Crippen molar-refractivity contribution in [3.05, 3.63) is 100 Å². The number of nitrogens with zero attached hydrogens (tertiary/aromatic N) is 2. The van der Waals surface area contributed by atoms with Crippen molar-refractivity contribution < 1.29 is 9.18 Å². The molecule has 1 amide bonds. The zero-order chi connectivity index (χ0) is 19.5. The second-order valence-corrected chi connectivity index (χ2v) is 7.34. The van der Waals surface area contributed by atoms with Crippen molar-refractivity contribution in [1.29, 1.82) is 0 Å². The summed E-state index contributed by atoms with van der Waals surface area (Å²) in [5.74, 6) is 0.316. The third-order valence-corrected chi connectivity index (χ3v) is 4.97. The third-order valence-electron chi connectivity index (χ3n) is 4.48. The smallest absolute Gasteiger partial charge is 0.251 e. The maximum Gasteiger partial charge on any atom is 0.251 e. The molecule has 4 nitrogen and oxygen atoms in total. The summed E-state index contributed by atoms with van der Waals surface area (Å²) in [6, 6.07) is 21.5. The van der Waals surface area contributed by atoms with Crippen LogP contribution in [0.2, 0.25) is 0 Å². The summed E-state index contributed by atoms with van der Waals surface area (Å²) in [5, 5.41) is 2.94. The first kappa shape index (κ1) is 18.4. The van der Waals surface area contributed by atoms with Gasteiger partial charge in [-0.05, 0) is 48.0 Å². The van der Waals surface area contributed by atoms with E-state index in [1.165, 1.54) is 12.1 Å². The Kier molecular flexibility index (Phi) is 5.21. The van der Waals surface area contributed by atoms with E-state index >= 15 is 0 Å². The molecule has 0 aliphatic carbocycles. The predicted molar refractivity (Wildman–Crippen MR) is 111 cm³/mol. The summed E-state index contributed by atoms with van der Waals surface area (Å²) in [4.78, 5) is 17.2. The van der Waals surface area contributed by atoms with Crippen LogP contribution >= 0.6 is 15.9 Å². The summed E-state index contributed by atoms with van der Waals surface area (Å²) < 4.78 is 16.1. The molecule has 0 saturated carbocycles. The molecule has 6 heteroatoms. The lowest BCUT2D eigenvalue weighted by Gasteiger charge is -2.11. The fourth-order valence-corrected chi connectivity index (χ4v) is 3.50. The minimum absolute atomic E-state index is 0.165. The molecule has 1 heterocycles. The molecule has 4 aromatic rings. The average Bonchev–Trinajstić information content (AvgIpc) is 3.05. The summed E-state index contributed by atoms with van der Waals surface area (Å²) in [7, 11) is 0. The fraction of sp³-hybridized carbons (Fsp3) is 0.0909. The van der Waals surface area contributed by atoms with E-state index in [1.807, 2.05) is 41.0 Å². The lowest BCUT2D eigenvalue weighted by Crippen LogP contribution is -2.24. The van der Waals surface area contributed by atoms with Gasteiger partial charge >= 0.3 is 0 Å². The SMILES string of the molecule is O=C(NCc1nc2ccccc2n1Cc1ccc(F)cc1)c1cccc(Br)c1. The number of fused-ring (bicyclic) bond motifs is 1. The highest BCUT2D eigenvalue weighted by Crippen LogP contribution is 2.19. The second kappa shape index (κ2) is 7.94. The number of halogens is 2. The Hall–Kier alpha value is -2.99. The Balaban J connectivity index is 1.61. The van der Waals surface area contributed by atoms with E-state index in [2.05, 4.69) is 26.2 Å². The molecule has 0 aliphatic heterocycles. The molecule has 4 rings (SSSR count). The average molecular weight is 438 g/mol. The standard InChI is InChI=1S/C22H17BrFN3O/c23-17-5-3-4-16(12-17)22(28)25-13-21-26-19-6-1-2-7-20(19)27(21)14-15-8-10-18(24)11-9-15/h1-12H,13-14H2,(H,25,28). The topological polar surface area (TPSA) is 46.9 Å². The molecule has 1 N–H and O–H groups in total. The van der Waals surface area contributed by atoms with Crippen molar-refractivity contribution in [1.82, 2.24) is 14.9 Å². The number of hydrogen-bond donors (Lipinski definition) is 1. The predicted octanol–water partition coefficient (Wildman–Crippen LogP) is 4.92. The van der Waals surface area contributed by atoms with E-state index < -0.39 is 0 Å². The van der Waals surface area contributed by atoms with Crippen molar-refractivity contribution in [2.24, 2.45) is 0 Å². The van der Waals surface area contributed by atoms with Crippen LogP contribution in [-0.2, 0) is 13.1 Å². The van der Waals surface area contributed by atoms with Gasteiger partial charge in [-0.2, -0.15) is 0 Å². The molecule has 3 aromatic carbocycles. The van der Waals surface area contributed by atoms with E-state index in [9.17, 15) is 9.18 Å². The number of amides is 1. The van der Waals surface area contributed by atoms with Gasteiger partial charge in [0, 0.05) is 16.6 Å². The van der Waals surface area contributed by atoms with Gasteiger partial charge in [-0.1, -0.05) is 46.3 Å². The Morgan fingerprint density at radius 3 is 2.61 bits per heavy atom. The number of imidazole rings is 1. The summed E-state index contributed by atoms with van der Waals surface area (Å²) in [6.45, 7) is 0.837. The number of nitrogens with one attached hydrogen (secondary N) is 1. The molecule has 0 atom stereocenters. The van der Waals surface area contributed by atoms with Crippen LogP contribution in [0, 0.1) is 5.82 Å². The molecule has 0 spiro atoms. The minimum Gasteiger partial charge on any atom is -0.345 e. The monoisotopic (exact) mass is 437 g/mol. The largest absolute Gasteiger partial charge is 0.345 e. The molecule has 0 aliphatic rings. The van der Waals surface area contributed by atoms with Crippen LogP contribution < -0.4 is 5.32 Å². The van der Waals surface area contributed by atoms with Crippen molar-refractivity contribution in [2.45, 2.75) is 13.1 Å². The van der Waals surface area contributed by atoms with E-state index in [1.54, 1.807) is 24.3 Å². The number of benzene rings is 3. The third kappa shape index (κ3) is 3.97. The number of hydrogen-bond acceptors (Lipinski definition) is 2. The van der Waals surface area contributed by atoms with Gasteiger partial charge in [0.25, 0.3) is 5.91 Å². The summed E-state index contributed by atoms with van der Waals surface area (Å²) in [6.07, 6.45) is 0. The van der Waals surface area contributed by atoms with Gasteiger partial charge in [-0.15, -0.1) is 0 Å². The summed E-state index contributed by atoms with van der Waals surface area (Å²) in [5.41, 5.74) is 3.37. The molecule has 1 aromatic heterocycles. The first-order valence-corrected chi connectivity index (χ1v) is 9.62. The first-order valence-electron chi connectivity index (χ1n) is 8.82. The highest BCUT2D eigenvalue weighted by Gasteiger charge is 2.13. The summed E-state index contributed by atoms with van der Waals surface area (Å²) >= 11 is 3.38. The lowest BCUT2D eigenvalue weighted by molar-refractivity contribution is 0.0949. The Morgan fingerprint density at radius 1 is 1.04 bits per heavy atom. The number of aromatic nitrogens is 2. The number of carbonyl (C=O) groups is 1. The molecule has 0 fully saturated rings. The van der Waals surface area contributed by atoms with Crippen molar-refractivity contribution in [2.75, 3.05) is 0 Å².